The van der Waals surface area contributed by atoms with Gasteiger partial charge in [-0.3, -0.25) is 4.79 Å². The van der Waals surface area contributed by atoms with Gasteiger partial charge in [-0.1, -0.05) is 20.8 Å². The number of amides is 1. The van der Waals surface area contributed by atoms with Crippen molar-refractivity contribution in [3.05, 3.63) is 23.4 Å². The van der Waals surface area contributed by atoms with E-state index in [4.69, 9.17) is 5.84 Å². The highest BCUT2D eigenvalue weighted by Gasteiger charge is 2.13. The molecular formula is C15H27N5O. The van der Waals surface area contributed by atoms with Crippen molar-refractivity contribution >= 4 is 11.7 Å². The summed E-state index contributed by atoms with van der Waals surface area (Å²) in [7, 11) is 0. The number of hydrogen-bond acceptors (Lipinski definition) is 5. The highest BCUT2D eigenvalue weighted by molar-refractivity contribution is 5.95. The van der Waals surface area contributed by atoms with Gasteiger partial charge in [0.2, 0.25) is 0 Å². The third kappa shape index (κ3) is 5.32. The van der Waals surface area contributed by atoms with Gasteiger partial charge in [-0.05, 0) is 38.6 Å². The summed E-state index contributed by atoms with van der Waals surface area (Å²) >= 11 is 0. The minimum Gasteiger partial charge on any atom is -0.348 e. The molecule has 0 aliphatic carbocycles. The number of aromatic nitrogens is 1. The van der Waals surface area contributed by atoms with Crippen molar-refractivity contribution in [2.45, 2.75) is 40.2 Å². The summed E-state index contributed by atoms with van der Waals surface area (Å²) in [5.41, 5.74) is 3.93. The number of pyridine rings is 1. The molecule has 21 heavy (non-hydrogen) atoms. The maximum atomic E-state index is 12.3. The fourth-order valence-corrected chi connectivity index (χ4v) is 2.20. The Morgan fingerprint density at radius 1 is 1.33 bits per heavy atom. The van der Waals surface area contributed by atoms with E-state index in [0.29, 0.717) is 11.4 Å². The topological polar surface area (TPSA) is 83.3 Å². The zero-order chi connectivity index (χ0) is 15.8. The second kappa shape index (κ2) is 8.59. The van der Waals surface area contributed by atoms with Crippen LogP contribution in [0, 0.1) is 0 Å². The van der Waals surface area contributed by atoms with Crippen LogP contribution in [0.2, 0.25) is 0 Å². The predicted octanol–water partition coefficient (Wildman–Crippen LogP) is 1.39. The zero-order valence-corrected chi connectivity index (χ0v) is 13.4. The van der Waals surface area contributed by atoms with E-state index in [1.165, 1.54) is 0 Å². The van der Waals surface area contributed by atoms with Crippen molar-refractivity contribution in [2.24, 2.45) is 5.84 Å². The molecule has 4 N–H and O–H groups in total. The van der Waals surface area contributed by atoms with E-state index in [0.717, 1.165) is 31.7 Å². The fourth-order valence-electron chi connectivity index (χ4n) is 2.20. The molecular weight excluding hydrogens is 266 g/mol. The lowest BCUT2D eigenvalue weighted by Gasteiger charge is -2.23. The molecule has 1 unspecified atom stereocenters. The van der Waals surface area contributed by atoms with Crippen LogP contribution >= 0.6 is 0 Å². The van der Waals surface area contributed by atoms with Crippen molar-refractivity contribution in [1.82, 2.24) is 15.2 Å². The van der Waals surface area contributed by atoms with E-state index >= 15 is 0 Å². The molecule has 0 aliphatic heterocycles. The van der Waals surface area contributed by atoms with E-state index in [9.17, 15) is 4.79 Å². The monoisotopic (exact) mass is 293 g/mol. The number of nitrogens with zero attached hydrogens (tertiary/aromatic N) is 2. The molecule has 1 amide bonds. The summed E-state index contributed by atoms with van der Waals surface area (Å²) in [6, 6.07) is 3.56. The number of nitrogens with two attached hydrogens (primary N) is 1. The summed E-state index contributed by atoms with van der Waals surface area (Å²) in [5.74, 6) is 5.81. The molecule has 0 aliphatic rings. The molecule has 0 saturated heterocycles. The second-order valence-corrected chi connectivity index (χ2v) is 5.09. The Labute approximate surface area is 127 Å². The SMILES string of the molecule is CCc1cc(C(=O)NC(C)CN(CC)CC)cc(NN)n1. The Morgan fingerprint density at radius 3 is 2.52 bits per heavy atom. The smallest absolute Gasteiger partial charge is 0.251 e. The number of aryl methyl sites for hydroxylation is 1. The number of rotatable bonds is 8. The Morgan fingerprint density at radius 2 is 2.00 bits per heavy atom. The number of carbonyl (C=O) groups excluding carboxylic acids is 1. The van der Waals surface area contributed by atoms with E-state index in [1.54, 1.807) is 12.1 Å². The molecule has 1 aromatic rings. The number of hydrogen-bond donors (Lipinski definition) is 3. The molecule has 1 atom stereocenters. The van der Waals surface area contributed by atoms with Gasteiger partial charge in [0.25, 0.3) is 5.91 Å². The van der Waals surface area contributed by atoms with Crippen molar-refractivity contribution in [3.8, 4) is 0 Å². The fraction of sp³-hybridized carbons (Fsp3) is 0.600. The Bertz CT molecular complexity index is 437. The van der Waals surface area contributed by atoms with E-state index in [1.807, 2.05) is 13.8 Å². The second-order valence-electron chi connectivity index (χ2n) is 5.09. The number of carbonyl (C=O) groups is 1. The van der Waals surface area contributed by atoms with Crippen molar-refractivity contribution < 1.29 is 4.79 Å². The molecule has 6 heteroatoms. The molecule has 0 bridgehead atoms. The molecule has 6 nitrogen and oxygen atoms in total. The van der Waals surface area contributed by atoms with Gasteiger partial charge in [0, 0.05) is 23.8 Å². The lowest BCUT2D eigenvalue weighted by Crippen LogP contribution is -2.42. The molecule has 0 aromatic carbocycles. The summed E-state index contributed by atoms with van der Waals surface area (Å²) in [6.07, 6.45) is 0.755. The molecule has 0 saturated carbocycles. The van der Waals surface area contributed by atoms with Crippen LogP contribution in [0.25, 0.3) is 0 Å². The standard InChI is InChI=1S/C15H27N5O/c1-5-13-8-12(9-14(18-13)19-16)15(21)17-11(4)10-20(6-2)7-3/h8-9,11H,5-7,10,16H2,1-4H3,(H,17,21)(H,18,19). The molecule has 0 radical (unpaired) electrons. The van der Waals surface area contributed by atoms with Crippen LogP contribution in [-0.2, 0) is 6.42 Å². The first-order chi connectivity index (χ1) is 10.0. The first-order valence-electron chi connectivity index (χ1n) is 7.54. The highest BCUT2D eigenvalue weighted by Crippen LogP contribution is 2.10. The molecule has 1 rings (SSSR count). The van der Waals surface area contributed by atoms with Crippen LogP contribution in [0.4, 0.5) is 5.82 Å². The molecule has 118 valence electrons. The highest BCUT2D eigenvalue weighted by atomic mass is 16.1. The molecule has 1 heterocycles. The van der Waals surface area contributed by atoms with Crippen molar-refractivity contribution in [1.29, 1.82) is 0 Å². The summed E-state index contributed by atoms with van der Waals surface area (Å²) in [4.78, 5) is 18.9. The maximum absolute atomic E-state index is 12.3. The molecule has 1 aromatic heterocycles. The number of anilines is 1. The Kier molecular flexibility index (Phi) is 7.11. The average Bonchev–Trinajstić information content (AvgIpc) is 2.51. The van der Waals surface area contributed by atoms with Crippen LogP contribution in [0.1, 0.15) is 43.7 Å². The van der Waals surface area contributed by atoms with Gasteiger partial charge in [-0.25, -0.2) is 10.8 Å². The largest absolute Gasteiger partial charge is 0.348 e. The number of nitrogens with one attached hydrogen (secondary N) is 2. The third-order valence-corrected chi connectivity index (χ3v) is 3.45. The lowest BCUT2D eigenvalue weighted by atomic mass is 10.1. The summed E-state index contributed by atoms with van der Waals surface area (Å²) < 4.78 is 0. The van der Waals surface area contributed by atoms with E-state index < -0.39 is 0 Å². The lowest BCUT2D eigenvalue weighted by molar-refractivity contribution is 0.0930. The summed E-state index contributed by atoms with van der Waals surface area (Å²) in [6.45, 7) is 11.0. The van der Waals surface area contributed by atoms with Gasteiger partial charge in [0.05, 0.1) is 0 Å². The number of likely N-dealkylation sites (N-methyl/N-ethyl adjacent to an activating group) is 1. The van der Waals surface area contributed by atoms with Gasteiger partial charge < -0.3 is 15.6 Å². The summed E-state index contributed by atoms with van der Waals surface area (Å²) in [5, 5.41) is 3.02. The Balaban J connectivity index is 2.74. The van der Waals surface area contributed by atoms with Crippen LogP contribution in [0.15, 0.2) is 12.1 Å². The van der Waals surface area contributed by atoms with E-state index in [2.05, 4.69) is 34.5 Å². The average molecular weight is 293 g/mol. The van der Waals surface area contributed by atoms with Crippen LogP contribution in [-0.4, -0.2) is 41.5 Å². The van der Waals surface area contributed by atoms with Crippen LogP contribution in [0.5, 0.6) is 0 Å². The van der Waals surface area contributed by atoms with Crippen LogP contribution < -0.4 is 16.6 Å². The number of hydrazine groups is 1. The van der Waals surface area contributed by atoms with Crippen LogP contribution in [0.3, 0.4) is 0 Å². The first kappa shape index (κ1) is 17.4. The Hall–Kier alpha value is -1.66. The molecule has 0 fully saturated rings. The van der Waals surface area contributed by atoms with Crippen molar-refractivity contribution in [3.63, 3.8) is 0 Å². The quantitative estimate of drug-likeness (QED) is 0.498. The number of nitrogen functional groups attached to an aromatic ring is 1. The van der Waals surface area contributed by atoms with Gasteiger partial charge in [-0.2, -0.15) is 0 Å². The molecule has 0 spiro atoms. The van der Waals surface area contributed by atoms with Gasteiger partial charge >= 0.3 is 0 Å². The first-order valence-corrected chi connectivity index (χ1v) is 7.54. The zero-order valence-electron chi connectivity index (χ0n) is 13.4. The van der Waals surface area contributed by atoms with Gasteiger partial charge in [-0.15, -0.1) is 0 Å². The van der Waals surface area contributed by atoms with Crippen molar-refractivity contribution in [2.75, 3.05) is 25.1 Å². The van der Waals surface area contributed by atoms with Gasteiger partial charge in [0.1, 0.15) is 5.82 Å². The van der Waals surface area contributed by atoms with Gasteiger partial charge in [0.15, 0.2) is 0 Å². The maximum Gasteiger partial charge on any atom is 0.251 e. The minimum atomic E-state index is -0.0942. The third-order valence-electron chi connectivity index (χ3n) is 3.45. The predicted molar refractivity (Wildman–Crippen MR) is 86.1 cm³/mol. The van der Waals surface area contributed by atoms with E-state index in [-0.39, 0.29) is 11.9 Å². The normalized spacial score (nSPS) is 12.3. The minimum absolute atomic E-state index is 0.0879.